The molecule has 0 spiro atoms. The summed E-state index contributed by atoms with van der Waals surface area (Å²) in [5, 5.41) is 18.6. The highest BCUT2D eigenvalue weighted by Gasteiger charge is 2.21. The predicted molar refractivity (Wildman–Crippen MR) is 80.9 cm³/mol. The molecule has 0 heterocycles. The summed E-state index contributed by atoms with van der Waals surface area (Å²) in [6, 6.07) is 14.4. The maximum Gasteiger partial charge on any atom is 0.115 e. The van der Waals surface area contributed by atoms with E-state index in [1.807, 2.05) is 24.3 Å². The predicted octanol–water partition coefficient (Wildman–Crippen LogP) is 3.88. The van der Waals surface area contributed by atoms with E-state index in [2.05, 4.69) is 6.92 Å². The molecule has 0 saturated heterocycles. The number of aromatic hydroxyl groups is 2. The lowest BCUT2D eigenvalue weighted by Crippen LogP contribution is -2.14. The fraction of sp³-hybridized carbons (Fsp3) is 0.250. The first-order chi connectivity index (χ1) is 8.97. The van der Waals surface area contributed by atoms with Crippen molar-refractivity contribution < 1.29 is 10.2 Å². The molecule has 1 atom stereocenters. The molecule has 19 heavy (non-hydrogen) atoms. The van der Waals surface area contributed by atoms with Gasteiger partial charge in [0.25, 0.3) is 0 Å². The van der Waals surface area contributed by atoms with Crippen molar-refractivity contribution in [3.8, 4) is 11.5 Å². The molecular weight excluding hydrogens is 256 g/mol. The summed E-state index contributed by atoms with van der Waals surface area (Å²) in [6.07, 6.45) is 1.77. The molecule has 0 bridgehead atoms. The van der Waals surface area contributed by atoms with Crippen LogP contribution in [-0.4, -0.2) is 10.2 Å². The Balaban J connectivity index is 2.04. The second kappa shape index (κ2) is 5.57. The summed E-state index contributed by atoms with van der Waals surface area (Å²) < 4.78 is -0.244. The van der Waals surface area contributed by atoms with Gasteiger partial charge in [-0.3, -0.25) is 0 Å². The molecule has 0 aliphatic carbocycles. The highest BCUT2D eigenvalue weighted by molar-refractivity contribution is 7.81. The Morgan fingerprint density at radius 3 is 1.89 bits per heavy atom. The Hall–Kier alpha value is -1.61. The number of thiol groups is 1. The topological polar surface area (TPSA) is 40.5 Å². The quantitative estimate of drug-likeness (QED) is 0.741. The van der Waals surface area contributed by atoms with E-state index in [9.17, 15) is 10.2 Å². The van der Waals surface area contributed by atoms with Gasteiger partial charge >= 0.3 is 0 Å². The zero-order valence-corrected chi connectivity index (χ0v) is 11.8. The lowest BCUT2D eigenvalue weighted by Gasteiger charge is -2.24. The van der Waals surface area contributed by atoms with Crippen molar-refractivity contribution in [3.63, 3.8) is 0 Å². The molecule has 100 valence electrons. The molecule has 0 fully saturated rings. The van der Waals surface area contributed by atoms with Gasteiger partial charge in [0, 0.05) is 4.75 Å². The van der Waals surface area contributed by atoms with Crippen LogP contribution < -0.4 is 0 Å². The standard InChI is InChI=1S/C16H18O2S/c1-16(19,13-4-8-15(18)9-5-13)11-10-12-2-6-14(17)7-3-12/h2-9,17-19H,10-11H2,1H3. The van der Waals surface area contributed by atoms with E-state index in [-0.39, 0.29) is 16.2 Å². The van der Waals surface area contributed by atoms with Gasteiger partial charge in [-0.25, -0.2) is 0 Å². The van der Waals surface area contributed by atoms with E-state index < -0.39 is 0 Å². The minimum absolute atomic E-state index is 0.244. The zero-order chi connectivity index (χ0) is 13.9. The van der Waals surface area contributed by atoms with Gasteiger partial charge in [0.1, 0.15) is 11.5 Å². The normalized spacial score (nSPS) is 14.0. The second-order valence-corrected chi connectivity index (χ2v) is 5.97. The third kappa shape index (κ3) is 3.67. The first-order valence-electron chi connectivity index (χ1n) is 6.27. The van der Waals surface area contributed by atoms with Gasteiger partial charge in [0.05, 0.1) is 0 Å². The highest BCUT2D eigenvalue weighted by Crippen LogP contribution is 2.33. The van der Waals surface area contributed by atoms with Gasteiger partial charge in [0.2, 0.25) is 0 Å². The molecule has 0 amide bonds. The number of phenols is 2. The van der Waals surface area contributed by atoms with Gasteiger partial charge in [-0.05, 0) is 55.2 Å². The molecule has 2 aromatic carbocycles. The van der Waals surface area contributed by atoms with Crippen molar-refractivity contribution in [2.45, 2.75) is 24.5 Å². The Bertz CT molecular complexity index is 530. The van der Waals surface area contributed by atoms with Gasteiger partial charge in [-0.15, -0.1) is 0 Å². The molecule has 0 aliphatic heterocycles. The van der Waals surface area contributed by atoms with Crippen molar-refractivity contribution in [1.82, 2.24) is 0 Å². The molecule has 2 N–H and O–H groups in total. The minimum Gasteiger partial charge on any atom is -0.508 e. The van der Waals surface area contributed by atoms with Gasteiger partial charge in [0.15, 0.2) is 0 Å². The number of rotatable bonds is 4. The van der Waals surface area contributed by atoms with Crippen LogP contribution in [0.25, 0.3) is 0 Å². The average molecular weight is 274 g/mol. The first kappa shape index (κ1) is 13.8. The first-order valence-corrected chi connectivity index (χ1v) is 6.72. The van der Waals surface area contributed by atoms with E-state index in [4.69, 9.17) is 12.6 Å². The summed E-state index contributed by atoms with van der Waals surface area (Å²) >= 11 is 4.73. The minimum atomic E-state index is -0.244. The van der Waals surface area contributed by atoms with Crippen molar-refractivity contribution in [1.29, 1.82) is 0 Å². The Kier molecular flexibility index (Phi) is 4.05. The van der Waals surface area contributed by atoms with Gasteiger partial charge in [-0.2, -0.15) is 12.6 Å². The van der Waals surface area contributed by atoms with Crippen LogP contribution in [0, 0.1) is 0 Å². The molecule has 2 aromatic rings. The molecule has 2 rings (SSSR count). The fourth-order valence-electron chi connectivity index (χ4n) is 2.02. The number of hydrogen-bond donors (Lipinski definition) is 3. The summed E-state index contributed by atoms with van der Waals surface area (Å²) in [5.74, 6) is 0.558. The van der Waals surface area contributed by atoms with Crippen LogP contribution >= 0.6 is 12.6 Å². The maximum absolute atomic E-state index is 9.31. The Morgan fingerprint density at radius 2 is 1.37 bits per heavy atom. The zero-order valence-electron chi connectivity index (χ0n) is 10.9. The van der Waals surface area contributed by atoms with Crippen molar-refractivity contribution in [2.24, 2.45) is 0 Å². The molecule has 0 saturated carbocycles. The van der Waals surface area contributed by atoms with Crippen LogP contribution in [0.1, 0.15) is 24.5 Å². The molecule has 3 heteroatoms. The molecular formula is C16H18O2S. The highest BCUT2D eigenvalue weighted by atomic mass is 32.1. The smallest absolute Gasteiger partial charge is 0.115 e. The molecule has 2 nitrogen and oxygen atoms in total. The summed E-state index contributed by atoms with van der Waals surface area (Å²) in [5.41, 5.74) is 2.27. The van der Waals surface area contributed by atoms with E-state index in [0.29, 0.717) is 0 Å². The van der Waals surface area contributed by atoms with Crippen LogP contribution in [0.2, 0.25) is 0 Å². The van der Waals surface area contributed by atoms with Gasteiger partial charge in [-0.1, -0.05) is 24.3 Å². The van der Waals surface area contributed by atoms with Crippen LogP contribution in [0.3, 0.4) is 0 Å². The largest absolute Gasteiger partial charge is 0.508 e. The average Bonchev–Trinajstić information content (AvgIpc) is 2.39. The van der Waals surface area contributed by atoms with E-state index in [0.717, 1.165) is 18.4 Å². The number of phenolic OH excluding ortho intramolecular Hbond substituents is 2. The van der Waals surface area contributed by atoms with Crippen LogP contribution in [0.15, 0.2) is 48.5 Å². The van der Waals surface area contributed by atoms with Gasteiger partial charge < -0.3 is 10.2 Å². The Morgan fingerprint density at radius 1 is 0.895 bits per heavy atom. The SMILES string of the molecule is CC(S)(CCc1ccc(O)cc1)c1ccc(O)cc1. The molecule has 0 aromatic heterocycles. The fourth-order valence-corrected chi connectivity index (χ4v) is 2.28. The summed E-state index contributed by atoms with van der Waals surface area (Å²) in [6.45, 7) is 2.07. The molecule has 0 radical (unpaired) electrons. The third-order valence-electron chi connectivity index (χ3n) is 3.33. The maximum atomic E-state index is 9.31. The van der Waals surface area contributed by atoms with Crippen LogP contribution in [0.5, 0.6) is 11.5 Å². The lowest BCUT2D eigenvalue weighted by molar-refractivity contribution is 0.474. The third-order valence-corrected chi connectivity index (χ3v) is 3.81. The second-order valence-electron chi connectivity index (χ2n) is 4.99. The lowest BCUT2D eigenvalue weighted by atomic mass is 9.93. The van der Waals surface area contributed by atoms with Crippen molar-refractivity contribution >= 4 is 12.6 Å². The van der Waals surface area contributed by atoms with Crippen LogP contribution in [0.4, 0.5) is 0 Å². The Labute approximate surface area is 119 Å². The number of benzene rings is 2. The summed E-state index contributed by atoms with van der Waals surface area (Å²) in [4.78, 5) is 0. The van der Waals surface area contributed by atoms with Crippen LogP contribution in [-0.2, 0) is 11.2 Å². The molecule has 1 unspecified atom stereocenters. The summed E-state index contributed by atoms with van der Waals surface area (Å²) in [7, 11) is 0. The van der Waals surface area contributed by atoms with Crippen molar-refractivity contribution in [3.05, 3.63) is 59.7 Å². The molecule has 0 aliphatic rings. The number of aryl methyl sites for hydroxylation is 1. The van der Waals surface area contributed by atoms with Crippen molar-refractivity contribution in [2.75, 3.05) is 0 Å². The monoisotopic (exact) mass is 274 g/mol. The van der Waals surface area contributed by atoms with E-state index in [1.54, 1.807) is 24.3 Å². The van der Waals surface area contributed by atoms with E-state index >= 15 is 0 Å². The number of hydrogen-bond acceptors (Lipinski definition) is 3. The van der Waals surface area contributed by atoms with E-state index in [1.165, 1.54) is 5.56 Å².